The highest BCUT2D eigenvalue weighted by atomic mass is 79.9. The molecule has 0 radical (unpaired) electrons. The number of amides is 1. The second-order valence-electron chi connectivity index (χ2n) is 4.08. The molecule has 1 amide bonds. The van der Waals surface area contributed by atoms with E-state index in [9.17, 15) is 9.59 Å². The van der Waals surface area contributed by atoms with E-state index >= 15 is 0 Å². The third-order valence-corrected chi connectivity index (χ3v) is 3.37. The van der Waals surface area contributed by atoms with Crippen LogP contribution in [-0.4, -0.2) is 17.5 Å². The first kappa shape index (κ1) is 15.6. The van der Waals surface area contributed by atoms with Gasteiger partial charge in [-0.3, -0.25) is 9.59 Å². The summed E-state index contributed by atoms with van der Waals surface area (Å²) >= 11 is 9.32. The number of benzene rings is 1. The molecule has 1 aromatic carbocycles. The minimum atomic E-state index is -0.456. The summed E-state index contributed by atoms with van der Waals surface area (Å²) in [6.07, 6.45) is 0. The molecule has 0 aliphatic heterocycles. The zero-order valence-corrected chi connectivity index (χ0v) is 13.4. The lowest BCUT2D eigenvalue weighted by molar-refractivity contribution is 0.102. The summed E-state index contributed by atoms with van der Waals surface area (Å²) in [7, 11) is 0. The van der Waals surface area contributed by atoms with Gasteiger partial charge in [0.2, 0.25) is 5.56 Å². The highest BCUT2D eigenvalue weighted by Crippen LogP contribution is 2.36. The third-order valence-electron chi connectivity index (χ3n) is 2.56. The van der Waals surface area contributed by atoms with E-state index in [4.69, 9.17) is 16.3 Å². The summed E-state index contributed by atoms with van der Waals surface area (Å²) in [4.78, 5) is 25.8. The molecule has 5 nitrogen and oxygen atoms in total. The van der Waals surface area contributed by atoms with Gasteiger partial charge in [0.15, 0.2) is 5.75 Å². The normalized spacial score (nSPS) is 10.2. The van der Waals surface area contributed by atoms with Crippen molar-refractivity contribution in [3.63, 3.8) is 0 Å². The van der Waals surface area contributed by atoms with E-state index in [0.717, 1.165) is 0 Å². The minimum absolute atomic E-state index is 0.154. The van der Waals surface area contributed by atoms with Crippen LogP contribution in [0.25, 0.3) is 0 Å². The van der Waals surface area contributed by atoms with Crippen molar-refractivity contribution in [3.8, 4) is 5.75 Å². The van der Waals surface area contributed by atoms with E-state index in [1.165, 1.54) is 18.2 Å². The molecule has 0 fully saturated rings. The monoisotopic (exact) mass is 370 g/mol. The fraction of sp³-hybridized carbons (Fsp3) is 0.143. The Kier molecular flexibility index (Phi) is 5.03. The van der Waals surface area contributed by atoms with Gasteiger partial charge in [0.1, 0.15) is 5.69 Å². The number of anilines is 1. The number of pyridine rings is 1. The quantitative estimate of drug-likeness (QED) is 0.865. The van der Waals surface area contributed by atoms with Crippen molar-refractivity contribution in [2.45, 2.75) is 6.92 Å². The third kappa shape index (κ3) is 3.86. The van der Waals surface area contributed by atoms with E-state index < -0.39 is 5.91 Å². The smallest absolute Gasteiger partial charge is 0.272 e. The van der Waals surface area contributed by atoms with E-state index in [0.29, 0.717) is 27.5 Å². The van der Waals surface area contributed by atoms with Crippen molar-refractivity contribution in [1.29, 1.82) is 0 Å². The van der Waals surface area contributed by atoms with Gasteiger partial charge >= 0.3 is 0 Å². The van der Waals surface area contributed by atoms with Gasteiger partial charge in [0.25, 0.3) is 5.91 Å². The molecule has 0 bridgehead atoms. The fourth-order valence-electron chi connectivity index (χ4n) is 1.71. The average Bonchev–Trinajstić information content (AvgIpc) is 2.42. The first-order chi connectivity index (χ1) is 10.0. The van der Waals surface area contributed by atoms with Gasteiger partial charge in [-0.1, -0.05) is 17.7 Å². The lowest BCUT2D eigenvalue weighted by Gasteiger charge is -2.13. The summed E-state index contributed by atoms with van der Waals surface area (Å²) in [6.45, 7) is 2.27. The van der Waals surface area contributed by atoms with Gasteiger partial charge < -0.3 is 15.0 Å². The number of carbonyl (C=O) groups is 1. The molecular formula is C14H12BrClN2O3. The highest BCUT2D eigenvalue weighted by Gasteiger charge is 2.14. The number of ether oxygens (including phenoxy) is 1. The second kappa shape index (κ2) is 6.78. The molecule has 2 N–H and O–H groups in total. The van der Waals surface area contributed by atoms with Gasteiger partial charge in [0.05, 0.1) is 16.8 Å². The van der Waals surface area contributed by atoms with Crippen LogP contribution < -0.4 is 15.6 Å². The number of aromatic amines is 1. The van der Waals surface area contributed by atoms with Gasteiger partial charge in [0, 0.05) is 11.1 Å². The van der Waals surface area contributed by atoms with Crippen LogP contribution in [0.1, 0.15) is 17.4 Å². The Balaban J connectivity index is 2.34. The maximum atomic E-state index is 12.2. The van der Waals surface area contributed by atoms with Gasteiger partial charge in [-0.05, 0) is 41.1 Å². The molecule has 21 heavy (non-hydrogen) atoms. The lowest BCUT2D eigenvalue weighted by atomic mass is 10.2. The summed E-state index contributed by atoms with van der Waals surface area (Å²) in [5.74, 6) is 0.0244. The summed E-state index contributed by atoms with van der Waals surface area (Å²) in [5.41, 5.74) is 0.229. The van der Waals surface area contributed by atoms with Crippen LogP contribution in [0.15, 0.2) is 39.6 Å². The summed E-state index contributed by atoms with van der Waals surface area (Å²) in [6, 6.07) is 7.60. The molecule has 1 aromatic heterocycles. The van der Waals surface area contributed by atoms with Crippen LogP contribution in [0.2, 0.25) is 5.02 Å². The van der Waals surface area contributed by atoms with E-state index in [1.807, 2.05) is 6.92 Å². The zero-order chi connectivity index (χ0) is 15.4. The predicted molar refractivity (Wildman–Crippen MR) is 85.3 cm³/mol. The van der Waals surface area contributed by atoms with Crippen LogP contribution in [-0.2, 0) is 0 Å². The Morgan fingerprint density at radius 2 is 2.19 bits per heavy atom. The van der Waals surface area contributed by atoms with Crippen molar-refractivity contribution >= 4 is 39.1 Å². The lowest BCUT2D eigenvalue weighted by Crippen LogP contribution is -2.18. The van der Waals surface area contributed by atoms with Crippen LogP contribution in [0.3, 0.4) is 0 Å². The first-order valence-electron chi connectivity index (χ1n) is 6.13. The Morgan fingerprint density at radius 1 is 1.43 bits per heavy atom. The number of rotatable bonds is 4. The molecule has 2 aromatic rings. The minimum Gasteiger partial charge on any atom is -0.491 e. The first-order valence-corrected chi connectivity index (χ1v) is 7.31. The van der Waals surface area contributed by atoms with Crippen LogP contribution >= 0.6 is 27.5 Å². The Morgan fingerprint density at radius 3 is 2.86 bits per heavy atom. The van der Waals surface area contributed by atoms with E-state index in [1.54, 1.807) is 12.1 Å². The second-order valence-corrected chi connectivity index (χ2v) is 5.37. The van der Waals surface area contributed by atoms with E-state index in [-0.39, 0.29) is 11.3 Å². The topological polar surface area (TPSA) is 71.2 Å². The molecule has 0 saturated heterocycles. The number of H-pyrrole nitrogens is 1. The summed E-state index contributed by atoms with van der Waals surface area (Å²) < 4.78 is 6.12. The van der Waals surface area contributed by atoms with Crippen LogP contribution in [0, 0.1) is 0 Å². The Bertz CT molecular complexity index is 730. The predicted octanol–water partition coefficient (Wildman–Crippen LogP) is 3.44. The zero-order valence-electron chi connectivity index (χ0n) is 11.1. The molecule has 2 rings (SSSR count). The van der Waals surface area contributed by atoms with Gasteiger partial charge in [-0.25, -0.2) is 0 Å². The molecule has 0 aliphatic rings. The van der Waals surface area contributed by atoms with Crippen LogP contribution in [0.4, 0.5) is 5.69 Å². The number of hydrogen-bond donors (Lipinski definition) is 2. The maximum Gasteiger partial charge on any atom is 0.272 e. The summed E-state index contributed by atoms with van der Waals surface area (Å²) in [5, 5.41) is 3.12. The van der Waals surface area contributed by atoms with Gasteiger partial charge in [-0.2, -0.15) is 0 Å². The van der Waals surface area contributed by atoms with E-state index in [2.05, 4.69) is 26.2 Å². The van der Waals surface area contributed by atoms with Crippen molar-refractivity contribution in [1.82, 2.24) is 4.98 Å². The van der Waals surface area contributed by atoms with Crippen molar-refractivity contribution in [3.05, 3.63) is 55.9 Å². The van der Waals surface area contributed by atoms with Gasteiger partial charge in [-0.15, -0.1) is 0 Å². The van der Waals surface area contributed by atoms with Crippen LogP contribution in [0.5, 0.6) is 5.75 Å². The molecule has 0 aliphatic carbocycles. The molecule has 0 unspecified atom stereocenters. The molecule has 0 atom stereocenters. The number of halogens is 2. The Labute approximate surface area is 134 Å². The van der Waals surface area contributed by atoms with Crippen molar-refractivity contribution in [2.24, 2.45) is 0 Å². The maximum absolute atomic E-state index is 12.2. The number of hydrogen-bond acceptors (Lipinski definition) is 3. The van der Waals surface area contributed by atoms with Crippen molar-refractivity contribution < 1.29 is 9.53 Å². The molecular weight excluding hydrogens is 360 g/mol. The van der Waals surface area contributed by atoms with Crippen molar-refractivity contribution in [2.75, 3.05) is 11.9 Å². The Hall–Kier alpha value is -1.79. The molecule has 1 heterocycles. The number of aromatic nitrogens is 1. The average molecular weight is 372 g/mol. The molecule has 0 spiro atoms. The largest absolute Gasteiger partial charge is 0.491 e. The molecule has 110 valence electrons. The molecule has 7 heteroatoms. The standard InChI is InChI=1S/C14H12BrClN2O3/c1-2-21-13-9(15)6-8(16)7-11(13)18-14(20)10-4-3-5-12(19)17-10/h3-7H,2H2,1H3,(H,17,19)(H,18,20). The molecule has 0 saturated carbocycles. The highest BCUT2D eigenvalue weighted by molar-refractivity contribution is 9.10. The number of nitrogens with one attached hydrogen (secondary N) is 2. The SMILES string of the molecule is CCOc1c(Br)cc(Cl)cc1NC(=O)c1cccc(=O)[nH]1. The fourth-order valence-corrected chi connectivity index (χ4v) is 2.64. The number of carbonyl (C=O) groups excluding carboxylic acids is 1.